The minimum absolute atomic E-state index is 0.621. The second kappa shape index (κ2) is 3.27. The zero-order valence-corrected chi connectivity index (χ0v) is 8.21. The van der Waals surface area contributed by atoms with Gasteiger partial charge in [0, 0.05) is 17.3 Å². The van der Waals surface area contributed by atoms with Gasteiger partial charge < -0.3 is 10.8 Å². The predicted octanol–water partition coefficient (Wildman–Crippen LogP) is 1.26. The zero-order chi connectivity index (χ0) is 11.0. The number of nitrogens with two attached hydrogens (primary N) is 1. The van der Waals surface area contributed by atoms with Crippen molar-refractivity contribution < 1.29 is 9.90 Å². The average molecular weight is 205 g/mol. The largest absolute Gasteiger partial charge is 0.480 e. The van der Waals surface area contributed by atoms with Crippen LogP contribution in [0.5, 0.6) is 0 Å². The maximum absolute atomic E-state index is 10.8. The van der Waals surface area contributed by atoms with Crippen LogP contribution in [0.2, 0.25) is 0 Å². The van der Waals surface area contributed by atoms with Crippen molar-refractivity contribution >= 4 is 22.6 Å². The van der Waals surface area contributed by atoms with Gasteiger partial charge in [-0.3, -0.25) is 4.68 Å². The number of carbonyl (C=O) groups is 1. The number of rotatable bonds is 2. The topological polar surface area (TPSA) is 81.1 Å². The lowest BCUT2D eigenvalue weighted by atomic mass is 10.2. The van der Waals surface area contributed by atoms with E-state index in [-0.39, 0.29) is 0 Å². The summed E-state index contributed by atoms with van der Waals surface area (Å²) in [6.45, 7) is 1.58. The molecule has 2 rings (SSSR count). The highest BCUT2D eigenvalue weighted by Gasteiger charge is 2.14. The van der Waals surface area contributed by atoms with Crippen molar-refractivity contribution in [3.63, 3.8) is 0 Å². The highest BCUT2D eigenvalue weighted by Crippen LogP contribution is 2.17. The molecule has 0 aliphatic heterocycles. The maximum Gasteiger partial charge on any atom is 0.328 e. The summed E-state index contributed by atoms with van der Waals surface area (Å²) in [6.07, 6.45) is 1.70. The Morgan fingerprint density at radius 3 is 3.00 bits per heavy atom. The number of benzene rings is 1. The molecule has 0 amide bonds. The van der Waals surface area contributed by atoms with Crippen LogP contribution in [0.3, 0.4) is 0 Å². The summed E-state index contributed by atoms with van der Waals surface area (Å²) in [5.74, 6) is -0.907. The molecule has 0 fully saturated rings. The molecule has 0 spiro atoms. The fourth-order valence-corrected chi connectivity index (χ4v) is 1.36. The van der Waals surface area contributed by atoms with Crippen LogP contribution < -0.4 is 5.73 Å². The van der Waals surface area contributed by atoms with Crippen LogP contribution in [-0.2, 0) is 4.79 Å². The quantitative estimate of drug-likeness (QED) is 0.723. The minimum atomic E-state index is -0.907. The van der Waals surface area contributed by atoms with Gasteiger partial charge in [0.15, 0.2) is 0 Å². The van der Waals surface area contributed by atoms with E-state index in [4.69, 9.17) is 10.8 Å². The Balaban J connectivity index is 2.51. The third-order valence-electron chi connectivity index (χ3n) is 2.30. The molecule has 0 aliphatic carbocycles. The molecule has 1 atom stereocenters. The Morgan fingerprint density at radius 1 is 1.60 bits per heavy atom. The van der Waals surface area contributed by atoms with E-state index in [0.717, 1.165) is 5.39 Å². The van der Waals surface area contributed by atoms with Crippen LogP contribution in [0.4, 0.5) is 5.69 Å². The molecule has 2 aromatic rings. The third kappa shape index (κ3) is 1.63. The summed E-state index contributed by atoms with van der Waals surface area (Å²) >= 11 is 0. The van der Waals surface area contributed by atoms with Crippen molar-refractivity contribution in [1.82, 2.24) is 9.78 Å². The number of fused-ring (bicyclic) bond motifs is 1. The van der Waals surface area contributed by atoms with Crippen LogP contribution in [0.15, 0.2) is 24.4 Å². The van der Waals surface area contributed by atoms with Crippen molar-refractivity contribution in [2.24, 2.45) is 0 Å². The van der Waals surface area contributed by atoms with Gasteiger partial charge in [0.1, 0.15) is 6.04 Å². The van der Waals surface area contributed by atoms with Gasteiger partial charge in [-0.15, -0.1) is 0 Å². The van der Waals surface area contributed by atoms with Crippen molar-refractivity contribution in [3.8, 4) is 0 Å². The summed E-state index contributed by atoms with van der Waals surface area (Å²) in [5.41, 5.74) is 6.94. The number of aromatic nitrogens is 2. The Labute approximate surface area is 86.1 Å². The molecule has 15 heavy (non-hydrogen) atoms. The number of hydrogen-bond acceptors (Lipinski definition) is 3. The predicted molar refractivity (Wildman–Crippen MR) is 56.5 cm³/mol. The molecule has 0 radical (unpaired) electrons. The Morgan fingerprint density at radius 2 is 2.33 bits per heavy atom. The van der Waals surface area contributed by atoms with Gasteiger partial charge in [-0.05, 0) is 25.1 Å². The molecule has 1 aromatic carbocycles. The third-order valence-corrected chi connectivity index (χ3v) is 2.30. The van der Waals surface area contributed by atoms with Gasteiger partial charge in [0.2, 0.25) is 0 Å². The molecule has 0 aliphatic rings. The molecule has 78 valence electrons. The summed E-state index contributed by atoms with van der Waals surface area (Å²) in [5, 5.41) is 13.9. The second-order valence-corrected chi connectivity index (χ2v) is 3.44. The molecule has 1 aromatic heterocycles. The highest BCUT2D eigenvalue weighted by molar-refractivity contribution is 5.82. The van der Waals surface area contributed by atoms with Crippen molar-refractivity contribution in [1.29, 1.82) is 0 Å². The second-order valence-electron chi connectivity index (χ2n) is 3.44. The molecule has 5 heteroatoms. The molecular formula is C10H11N3O2. The van der Waals surface area contributed by atoms with Gasteiger partial charge in [-0.25, -0.2) is 4.79 Å². The fraction of sp³-hybridized carbons (Fsp3) is 0.200. The maximum atomic E-state index is 10.8. The number of nitrogen functional groups attached to an aromatic ring is 1. The number of carboxylic acids is 1. The summed E-state index contributed by atoms with van der Waals surface area (Å²) in [7, 11) is 0. The molecule has 1 heterocycles. The van der Waals surface area contributed by atoms with E-state index in [9.17, 15) is 4.79 Å². The van der Waals surface area contributed by atoms with E-state index in [2.05, 4.69) is 5.10 Å². The Hall–Kier alpha value is -2.04. The Kier molecular flexibility index (Phi) is 2.07. The first kappa shape index (κ1) is 9.51. The van der Waals surface area contributed by atoms with Gasteiger partial charge in [-0.2, -0.15) is 5.10 Å². The van der Waals surface area contributed by atoms with Crippen LogP contribution in [-0.4, -0.2) is 20.9 Å². The fourth-order valence-electron chi connectivity index (χ4n) is 1.36. The SMILES string of the molecule is CC(C(=O)O)n1cc2ccc(N)cc2n1. The van der Waals surface area contributed by atoms with E-state index in [1.807, 2.05) is 6.07 Å². The van der Waals surface area contributed by atoms with E-state index >= 15 is 0 Å². The lowest BCUT2D eigenvalue weighted by Gasteiger charge is -2.04. The molecule has 3 N–H and O–H groups in total. The van der Waals surface area contributed by atoms with Crippen molar-refractivity contribution in [2.75, 3.05) is 5.73 Å². The van der Waals surface area contributed by atoms with Crippen LogP contribution in [0, 0.1) is 0 Å². The Bertz CT molecular complexity index is 518. The molecular weight excluding hydrogens is 194 g/mol. The van der Waals surface area contributed by atoms with E-state index in [0.29, 0.717) is 11.2 Å². The number of aliphatic carboxylic acids is 1. The monoisotopic (exact) mass is 205 g/mol. The zero-order valence-electron chi connectivity index (χ0n) is 8.21. The number of hydrogen-bond donors (Lipinski definition) is 2. The molecule has 5 nitrogen and oxygen atoms in total. The van der Waals surface area contributed by atoms with Gasteiger partial charge in [-0.1, -0.05) is 0 Å². The standard InChI is InChI=1S/C10H11N3O2/c1-6(10(14)15)13-5-7-2-3-8(11)4-9(7)12-13/h2-6H,11H2,1H3,(H,14,15). The van der Waals surface area contributed by atoms with Crippen molar-refractivity contribution in [3.05, 3.63) is 24.4 Å². The normalized spacial score (nSPS) is 12.9. The van der Waals surface area contributed by atoms with Gasteiger partial charge in [0.05, 0.1) is 5.52 Å². The van der Waals surface area contributed by atoms with Crippen LogP contribution in [0.1, 0.15) is 13.0 Å². The number of anilines is 1. The first-order valence-corrected chi connectivity index (χ1v) is 4.55. The summed E-state index contributed by atoms with van der Waals surface area (Å²) < 4.78 is 1.42. The molecule has 0 saturated carbocycles. The van der Waals surface area contributed by atoms with Gasteiger partial charge in [0.25, 0.3) is 0 Å². The van der Waals surface area contributed by atoms with Crippen LogP contribution >= 0.6 is 0 Å². The average Bonchev–Trinajstić information content (AvgIpc) is 2.58. The molecule has 1 unspecified atom stereocenters. The first-order valence-electron chi connectivity index (χ1n) is 4.55. The minimum Gasteiger partial charge on any atom is -0.480 e. The number of nitrogens with zero attached hydrogens (tertiary/aromatic N) is 2. The highest BCUT2D eigenvalue weighted by atomic mass is 16.4. The summed E-state index contributed by atoms with van der Waals surface area (Å²) in [6, 6.07) is 4.64. The summed E-state index contributed by atoms with van der Waals surface area (Å²) in [4.78, 5) is 10.8. The molecule has 0 bridgehead atoms. The van der Waals surface area contributed by atoms with Crippen LogP contribution in [0.25, 0.3) is 10.9 Å². The lowest BCUT2D eigenvalue weighted by molar-refractivity contribution is -0.140. The van der Waals surface area contributed by atoms with Gasteiger partial charge >= 0.3 is 5.97 Å². The van der Waals surface area contributed by atoms with E-state index < -0.39 is 12.0 Å². The van der Waals surface area contributed by atoms with Crippen molar-refractivity contribution in [2.45, 2.75) is 13.0 Å². The number of carboxylic acid groups (broad SMARTS) is 1. The van der Waals surface area contributed by atoms with E-state index in [1.165, 1.54) is 4.68 Å². The first-order chi connectivity index (χ1) is 7.08. The smallest absolute Gasteiger partial charge is 0.328 e. The van der Waals surface area contributed by atoms with E-state index in [1.54, 1.807) is 25.3 Å². The molecule has 0 saturated heterocycles. The lowest BCUT2D eigenvalue weighted by Crippen LogP contribution is -2.15.